The van der Waals surface area contributed by atoms with E-state index in [9.17, 15) is 8.42 Å². The Morgan fingerprint density at radius 2 is 2.00 bits per heavy atom. The summed E-state index contributed by atoms with van der Waals surface area (Å²) in [5.74, 6) is 0.591. The van der Waals surface area contributed by atoms with Gasteiger partial charge in [0.2, 0.25) is 10.0 Å². The number of benzene rings is 1. The van der Waals surface area contributed by atoms with Gasteiger partial charge in [0.05, 0.1) is 11.5 Å². The van der Waals surface area contributed by atoms with E-state index < -0.39 is 10.0 Å². The van der Waals surface area contributed by atoms with E-state index in [1.807, 2.05) is 6.92 Å². The number of sulfonamides is 1. The number of hydrogen-bond donors (Lipinski definition) is 1. The maximum Gasteiger partial charge on any atom is 0.243 e. The van der Waals surface area contributed by atoms with Crippen LogP contribution in [0.5, 0.6) is 5.75 Å². The van der Waals surface area contributed by atoms with Gasteiger partial charge in [0.15, 0.2) is 0 Å². The first-order valence-electron chi connectivity index (χ1n) is 6.08. The molecule has 0 radical (unpaired) electrons. The van der Waals surface area contributed by atoms with Crippen molar-refractivity contribution in [3.8, 4) is 5.75 Å². The molecule has 0 aliphatic carbocycles. The van der Waals surface area contributed by atoms with Gasteiger partial charge in [-0.1, -0.05) is 6.07 Å². The molecule has 1 aliphatic rings. The fourth-order valence-electron chi connectivity index (χ4n) is 1.92. The summed E-state index contributed by atoms with van der Waals surface area (Å²) in [4.78, 5) is 0.301. The molecule has 0 saturated carbocycles. The van der Waals surface area contributed by atoms with Gasteiger partial charge in [0, 0.05) is 32.2 Å². The molecule has 0 atom stereocenters. The van der Waals surface area contributed by atoms with Gasteiger partial charge in [0.25, 0.3) is 0 Å². The monoisotopic (exact) mass is 306 g/mol. The number of hydrogen-bond acceptors (Lipinski definition) is 4. The van der Waals surface area contributed by atoms with Crippen molar-refractivity contribution >= 4 is 22.4 Å². The van der Waals surface area contributed by atoms with Gasteiger partial charge < -0.3 is 10.1 Å². The Hall–Kier alpha value is -0.820. The molecule has 5 nitrogen and oxygen atoms in total. The SMILES string of the molecule is CCOc1cccc(S(=O)(=O)N2CCNCC2)c1.Cl. The highest BCUT2D eigenvalue weighted by Crippen LogP contribution is 2.21. The van der Waals surface area contributed by atoms with Crippen molar-refractivity contribution in [2.45, 2.75) is 11.8 Å². The van der Waals surface area contributed by atoms with E-state index in [0.717, 1.165) is 0 Å². The average Bonchev–Trinajstić information content (AvgIpc) is 2.40. The highest BCUT2D eigenvalue weighted by molar-refractivity contribution is 7.89. The minimum absolute atomic E-state index is 0. The van der Waals surface area contributed by atoms with Crippen molar-refractivity contribution < 1.29 is 13.2 Å². The van der Waals surface area contributed by atoms with E-state index in [1.54, 1.807) is 24.3 Å². The summed E-state index contributed by atoms with van der Waals surface area (Å²) in [6, 6.07) is 6.67. The van der Waals surface area contributed by atoms with Crippen molar-refractivity contribution in [1.82, 2.24) is 9.62 Å². The first-order valence-corrected chi connectivity index (χ1v) is 7.52. The van der Waals surface area contributed by atoms with E-state index in [4.69, 9.17) is 4.74 Å². The molecular weight excluding hydrogens is 288 g/mol. The minimum Gasteiger partial charge on any atom is -0.494 e. The lowest BCUT2D eigenvalue weighted by Crippen LogP contribution is -2.46. The molecule has 0 amide bonds. The van der Waals surface area contributed by atoms with E-state index in [0.29, 0.717) is 43.4 Å². The summed E-state index contributed by atoms with van der Waals surface area (Å²) in [6.45, 7) is 4.83. The van der Waals surface area contributed by atoms with E-state index >= 15 is 0 Å². The number of rotatable bonds is 4. The first-order chi connectivity index (χ1) is 8.64. The normalized spacial score (nSPS) is 16.7. The highest BCUT2D eigenvalue weighted by atomic mass is 35.5. The van der Waals surface area contributed by atoms with Gasteiger partial charge in [-0.25, -0.2) is 8.42 Å². The summed E-state index contributed by atoms with van der Waals surface area (Å²) in [6.07, 6.45) is 0. The van der Waals surface area contributed by atoms with Crippen molar-refractivity contribution in [2.24, 2.45) is 0 Å². The van der Waals surface area contributed by atoms with Crippen LogP contribution >= 0.6 is 12.4 Å². The Labute approximate surface area is 120 Å². The van der Waals surface area contributed by atoms with Gasteiger partial charge in [-0.3, -0.25) is 0 Å². The molecule has 2 rings (SSSR count). The standard InChI is InChI=1S/C12H18N2O3S.ClH/c1-2-17-11-4-3-5-12(10-11)18(15,16)14-8-6-13-7-9-14;/h3-5,10,13H,2,6-9H2,1H3;1H. The number of ether oxygens (including phenoxy) is 1. The fraction of sp³-hybridized carbons (Fsp3) is 0.500. The Morgan fingerprint density at radius 1 is 1.32 bits per heavy atom. The molecule has 1 aliphatic heterocycles. The Kier molecular flexibility index (Phi) is 6.06. The second kappa shape index (κ2) is 7.09. The second-order valence-electron chi connectivity index (χ2n) is 4.06. The topological polar surface area (TPSA) is 58.6 Å². The molecular formula is C12H19ClN2O3S. The molecule has 19 heavy (non-hydrogen) atoms. The third kappa shape index (κ3) is 3.82. The lowest BCUT2D eigenvalue weighted by molar-refractivity contribution is 0.338. The number of nitrogens with zero attached hydrogens (tertiary/aromatic N) is 1. The second-order valence-corrected chi connectivity index (χ2v) is 6.00. The zero-order valence-corrected chi connectivity index (χ0v) is 12.5. The average molecular weight is 307 g/mol. The van der Waals surface area contributed by atoms with Gasteiger partial charge in [0.1, 0.15) is 5.75 Å². The first kappa shape index (κ1) is 16.2. The predicted molar refractivity (Wildman–Crippen MR) is 76.5 cm³/mol. The smallest absolute Gasteiger partial charge is 0.243 e. The summed E-state index contributed by atoms with van der Waals surface area (Å²) in [7, 11) is -3.39. The van der Waals surface area contributed by atoms with Gasteiger partial charge in [-0.05, 0) is 19.1 Å². The zero-order valence-electron chi connectivity index (χ0n) is 10.8. The quantitative estimate of drug-likeness (QED) is 0.905. The molecule has 1 saturated heterocycles. The lowest BCUT2D eigenvalue weighted by atomic mass is 10.3. The van der Waals surface area contributed by atoms with Crippen molar-refractivity contribution in [3.05, 3.63) is 24.3 Å². The van der Waals surface area contributed by atoms with E-state index in [1.165, 1.54) is 4.31 Å². The highest BCUT2D eigenvalue weighted by Gasteiger charge is 2.25. The number of nitrogens with one attached hydrogen (secondary N) is 1. The molecule has 1 aromatic carbocycles. The molecule has 1 heterocycles. The van der Waals surface area contributed by atoms with Crippen molar-refractivity contribution in [3.63, 3.8) is 0 Å². The van der Waals surface area contributed by atoms with Crippen LogP contribution in [-0.2, 0) is 10.0 Å². The number of piperazine rings is 1. The van der Waals surface area contributed by atoms with Crippen LogP contribution < -0.4 is 10.1 Å². The van der Waals surface area contributed by atoms with Crippen LogP contribution in [0.1, 0.15) is 6.92 Å². The molecule has 0 spiro atoms. The van der Waals surface area contributed by atoms with Crippen LogP contribution in [0.25, 0.3) is 0 Å². The number of halogens is 1. The Bertz CT molecular complexity index is 501. The Balaban J connectivity index is 0.00000180. The molecule has 0 aromatic heterocycles. The maximum absolute atomic E-state index is 12.4. The van der Waals surface area contributed by atoms with Crippen LogP contribution in [0.2, 0.25) is 0 Å². The van der Waals surface area contributed by atoms with Crippen LogP contribution in [0.4, 0.5) is 0 Å². The minimum atomic E-state index is -3.39. The summed E-state index contributed by atoms with van der Waals surface area (Å²) < 4.78 is 31.6. The fourth-order valence-corrected chi connectivity index (χ4v) is 3.40. The van der Waals surface area contributed by atoms with Crippen molar-refractivity contribution in [2.75, 3.05) is 32.8 Å². The van der Waals surface area contributed by atoms with Crippen LogP contribution in [-0.4, -0.2) is 45.5 Å². The third-order valence-corrected chi connectivity index (χ3v) is 4.72. The van der Waals surface area contributed by atoms with Gasteiger partial charge in [-0.15, -0.1) is 12.4 Å². The summed E-state index contributed by atoms with van der Waals surface area (Å²) in [5.41, 5.74) is 0. The van der Waals surface area contributed by atoms with Gasteiger partial charge >= 0.3 is 0 Å². The lowest BCUT2D eigenvalue weighted by Gasteiger charge is -2.26. The van der Waals surface area contributed by atoms with Crippen LogP contribution in [0, 0.1) is 0 Å². The maximum atomic E-state index is 12.4. The third-order valence-electron chi connectivity index (χ3n) is 2.83. The molecule has 0 unspecified atom stereocenters. The zero-order chi connectivity index (χ0) is 13.0. The largest absolute Gasteiger partial charge is 0.494 e. The molecule has 108 valence electrons. The van der Waals surface area contributed by atoms with Crippen LogP contribution in [0.3, 0.4) is 0 Å². The molecule has 0 bridgehead atoms. The molecule has 1 N–H and O–H groups in total. The van der Waals surface area contributed by atoms with E-state index in [-0.39, 0.29) is 12.4 Å². The summed E-state index contributed by atoms with van der Waals surface area (Å²) in [5, 5.41) is 3.14. The summed E-state index contributed by atoms with van der Waals surface area (Å²) >= 11 is 0. The van der Waals surface area contributed by atoms with Crippen molar-refractivity contribution in [1.29, 1.82) is 0 Å². The molecule has 1 fully saturated rings. The predicted octanol–water partition coefficient (Wildman–Crippen LogP) is 1.10. The van der Waals surface area contributed by atoms with Crippen LogP contribution in [0.15, 0.2) is 29.2 Å². The molecule has 1 aromatic rings. The van der Waals surface area contributed by atoms with E-state index in [2.05, 4.69) is 5.32 Å². The van der Waals surface area contributed by atoms with Gasteiger partial charge in [-0.2, -0.15) is 4.31 Å². The Morgan fingerprint density at radius 3 is 2.63 bits per heavy atom. The molecule has 7 heteroatoms.